The molecule has 0 bridgehead atoms. The molecule has 0 unspecified atom stereocenters. The normalized spacial score (nSPS) is 14.8. The van der Waals surface area contributed by atoms with Gasteiger partial charge in [0, 0.05) is 18.2 Å². The predicted octanol–water partition coefficient (Wildman–Crippen LogP) is 1.21. The third kappa shape index (κ3) is 2.35. The lowest BCUT2D eigenvalue weighted by atomic mass is 10.1. The number of hydrogen-bond acceptors (Lipinski definition) is 3. The van der Waals surface area contributed by atoms with Gasteiger partial charge in [-0.25, -0.2) is 9.69 Å². The highest BCUT2D eigenvalue weighted by atomic mass is 16.4. The fourth-order valence-corrected chi connectivity index (χ4v) is 1.59. The Morgan fingerprint density at radius 1 is 1.17 bits per heavy atom. The van der Waals surface area contributed by atoms with Crippen LogP contribution in [0, 0.1) is 0 Å². The van der Waals surface area contributed by atoms with Crippen molar-refractivity contribution in [3.05, 3.63) is 48.1 Å². The molecule has 0 radical (unpaired) electrons. The van der Waals surface area contributed by atoms with Crippen molar-refractivity contribution in [3.8, 4) is 0 Å². The number of benzene rings is 1. The summed E-state index contributed by atoms with van der Waals surface area (Å²) in [5.41, 5.74) is 1.02. The van der Waals surface area contributed by atoms with Crippen LogP contribution in [0.1, 0.15) is 5.56 Å². The molecule has 1 heterocycles. The van der Waals surface area contributed by atoms with Gasteiger partial charge in [0.05, 0.1) is 5.69 Å². The van der Waals surface area contributed by atoms with Crippen LogP contribution >= 0.6 is 0 Å². The molecule has 0 saturated carbocycles. The smallest absolute Gasteiger partial charge is 0.328 e. The Kier molecular flexibility index (Phi) is 3.05. The second kappa shape index (κ2) is 4.67. The van der Waals surface area contributed by atoms with Gasteiger partial charge in [-0.05, 0) is 23.8 Å². The molecular formula is C13H9NO4. The quantitative estimate of drug-likeness (QED) is 0.639. The Hall–Kier alpha value is -2.69. The summed E-state index contributed by atoms with van der Waals surface area (Å²) in [7, 11) is 0. The monoisotopic (exact) mass is 243 g/mol. The van der Waals surface area contributed by atoms with E-state index in [9.17, 15) is 14.4 Å². The average molecular weight is 243 g/mol. The maximum Gasteiger partial charge on any atom is 0.328 e. The summed E-state index contributed by atoms with van der Waals surface area (Å²) in [6.45, 7) is 0. The second-order valence-corrected chi connectivity index (χ2v) is 3.61. The molecule has 90 valence electrons. The molecule has 0 fully saturated rings. The van der Waals surface area contributed by atoms with Gasteiger partial charge in [0.15, 0.2) is 0 Å². The fourth-order valence-electron chi connectivity index (χ4n) is 1.59. The average Bonchev–Trinajstić information content (AvgIpc) is 2.67. The Balaban J connectivity index is 2.30. The predicted molar refractivity (Wildman–Crippen MR) is 64.7 cm³/mol. The lowest BCUT2D eigenvalue weighted by molar-refractivity contribution is -0.131. The number of carboxylic acids is 1. The molecule has 0 saturated heterocycles. The summed E-state index contributed by atoms with van der Waals surface area (Å²) in [6.07, 6.45) is 4.78. The highest BCUT2D eigenvalue weighted by Crippen LogP contribution is 2.20. The van der Waals surface area contributed by atoms with E-state index in [-0.39, 0.29) is 0 Å². The van der Waals surface area contributed by atoms with Crippen molar-refractivity contribution in [2.75, 3.05) is 4.90 Å². The van der Waals surface area contributed by atoms with Crippen LogP contribution in [0.25, 0.3) is 6.08 Å². The minimum Gasteiger partial charge on any atom is -0.478 e. The summed E-state index contributed by atoms with van der Waals surface area (Å²) in [6, 6.07) is 6.51. The first-order valence-corrected chi connectivity index (χ1v) is 5.15. The number of amides is 2. The van der Waals surface area contributed by atoms with Crippen LogP contribution in [0.4, 0.5) is 5.69 Å². The lowest BCUT2D eigenvalue weighted by Crippen LogP contribution is -2.29. The number of anilines is 1. The van der Waals surface area contributed by atoms with Crippen molar-refractivity contribution >= 4 is 29.5 Å². The Bertz CT molecular complexity index is 568. The van der Waals surface area contributed by atoms with E-state index in [2.05, 4.69) is 0 Å². The molecule has 1 aromatic carbocycles. The third-order valence-corrected chi connectivity index (χ3v) is 2.36. The first-order valence-electron chi connectivity index (χ1n) is 5.15. The standard InChI is InChI=1S/C13H9NO4/c15-11-5-6-12(16)14(11)10-3-1-2-9(8-10)4-7-13(17)18/h1-8H,(H,17,18). The number of nitrogens with zero attached hydrogens (tertiary/aromatic N) is 1. The fraction of sp³-hybridized carbons (Fsp3) is 0. The summed E-state index contributed by atoms with van der Waals surface area (Å²) in [5, 5.41) is 8.52. The first kappa shape index (κ1) is 11.8. The largest absolute Gasteiger partial charge is 0.478 e. The van der Waals surface area contributed by atoms with Crippen molar-refractivity contribution < 1.29 is 19.5 Å². The van der Waals surface area contributed by atoms with E-state index in [1.54, 1.807) is 24.3 Å². The van der Waals surface area contributed by atoms with Gasteiger partial charge in [0.1, 0.15) is 0 Å². The molecule has 0 aromatic heterocycles. The van der Waals surface area contributed by atoms with Crippen LogP contribution in [-0.2, 0) is 14.4 Å². The topological polar surface area (TPSA) is 74.7 Å². The third-order valence-electron chi connectivity index (χ3n) is 2.36. The van der Waals surface area contributed by atoms with Gasteiger partial charge in [0.2, 0.25) is 0 Å². The van der Waals surface area contributed by atoms with Crippen molar-refractivity contribution in [3.63, 3.8) is 0 Å². The summed E-state index contributed by atoms with van der Waals surface area (Å²) >= 11 is 0. The van der Waals surface area contributed by atoms with Crippen molar-refractivity contribution in [1.82, 2.24) is 0 Å². The summed E-state index contributed by atoms with van der Waals surface area (Å²) in [4.78, 5) is 34.4. The molecule has 1 aliphatic rings. The summed E-state index contributed by atoms with van der Waals surface area (Å²) in [5.74, 6) is -1.87. The molecule has 5 nitrogen and oxygen atoms in total. The Morgan fingerprint density at radius 3 is 2.44 bits per heavy atom. The highest BCUT2D eigenvalue weighted by Gasteiger charge is 2.24. The van der Waals surface area contributed by atoms with E-state index < -0.39 is 17.8 Å². The Morgan fingerprint density at radius 2 is 1.83 bits per heavy atom. The van der Waals surface area contributed by atoms with Crippen molar-refractivity contribution in [2.45, 2.75) is 0 Å². The molecule has 0 spiro atoms. The van der Waals surface area contributed by atoms with E-state index >= 15 is 0 Å². The van der Waals surface area contributed by atoms with Crippen LogP contribution < -0.4 is 4.90 Å². The number of carboxylic acid groups (broad SMARTS) is 1. The molecule has 2 rings (SSSR count). The number of carbonyl (C=O) groups excluding carboxylic acids is 2. The minimum atomic E-state index is -1.06. The van der Waals surface area contributed by atoms with E-state index in [4.69, 9.17) is 5.11 Å². The van der Waals surface area contributed by atoms with E-state index in [0.717, 1.165) is 11.0 Å². The molecule has 1 aromatic rings. The van der Waals surface area contributed by atoms with Crippen LogP contribution in [0.2, 0.25) is 0 Å². The number of aliphatic carboxylic acids is 1. The SMILES string of the molecule is O=C(O)C=Cc1cccc(N2C(=O)C=CC2=O)c1. The van der Waals surface area contributed by atoms with Gasteiger partial charge in [0.25, 0.3) is 11.8 Å². The number of rotatable bonds is 3. The molecule has 2 amide bonds. The first-order chi connectivity index (χ1) is 8.58. The van der Waals surface area contributed by atoms with E-state index in [1.807, 2.05) is 0 Å². The van der Waals surface area contributed by atoms with Crippen LogP contribution in [0.3, 0.4) is 0 Å². The molecular weight excluding hydrogens is 234 g/mol. The van der Waals surface area contributed by atoms with Crippen LogP contribution in [-0.4, -0.2) is 22.9 Å². The number of carbonyl (C=O) groups is 3. The zero-order valence-corrected chi connectivity index (χ0v) is 9.24. The van der Waals surface area contributed by atoms with Crippen LogP contribution in [0.15, 0.2) is 42.5 Å². The Labute approximate surface area is 103 Å². The maximum atomic E-state index is 11.5. The number of hydrogen-bond donors (Lipinski definition) is 1. The van der Waals surface area contributed by atoms with Crippen LogP contribution in [0.5, 0.6) is 0 Å². The van der Waals surface area contributed by atoms with Gasteiger partial charge < -0.3 is 5.11 Å². The van der Waals surface area contributed by atoms with Gasteiger partial charge in [-0.15, -0.1) is 0 Å². The number of imide groups is 1. The molecule has 0 aliphatic carbocycles. The van der Waals surface area contributed by atoms with Crippen molar-refractivity contribution in [2.24, 2.45) is 0 Å². The van der Waals surface area contributed by atoms with Gasteiger partial charge >= 0.3 is 5.97 Å². The van der Waals surface area contributed by atoms with E-state index in [0.29, 0.717) is 11.3 Å². The van der Waals surface area contributed by atoms with Gasteiger partial charge in [-0.1, -0.05) is 12.1 Å². The molecule has 5 heteroatoms. The molecule has 18 heavy (non-hydrogen) atoms. The highest BCUT2D eigenvalue weighted by molar-refractivity contribution is 6.28. The molecule has 1 aliphatic heterocycles. The lowest BCUT2D eigenvalue weighted by Gasteiger charge is -2.13. The van der Waals surface area contributed by atoms with E-state index in [1.165, 1.54) is 18.2 Å². The maximum absolute atomic E-state index is 11.5. The molecule has 1 N–H and O–H groups in total. The zero-order valence-electron chi connectivity index (χ0n) is 9.24. The van der Waals surface area contributed by atoms with Gasteiger partial charge in [-0.2, -0.15) is 0 Å². The van der Waals surface area contributed by atoms with Gasteiger partial charge in [-0.3, -0.25) is 9.59 Å². The zero-order chi connectivity index (χ0) is 13.1. The minimum absolute atomic E-state index is 0.403. The summed E-state index contributed by atoms with van der Waals surface area (Å²) < 4.78 is 0. The van der Waals surface area contributed by atoms with Crippen molar-refractivity contribution in [1.29, 1.82) is 0 Å². The molecule has 0 atom stereocenters. The second-order valence-electron chi connectivity index (χ2n) is 3.61.